The van der Waals surface area contributed by atoms with Crippen LogP contribution in [0.1, 0.15) is 13.8 Å². The summed E-state index contributed by atoms with van der Waals surface area (Å²) in [7, 11) is 0. The Morgan fingerprint density at radius 1 is 1.00 bits per heavy atom. The molecule has 0 unspecified atom stereocenters. The molecule has 1 aliphatic rings. The van der Waals surface area contributed by atoms with Crippen LogP contribution in [0, 0.1) is 0 Å². The van der Waals surface area contributed by atoms with Crippen molar-refractivity contribution in [2.75, 3.05) is 26.2 Å². The molecule has 1 heterocycles. The molecule has 0 bridgehead atoms. The van der Waals surface area contributed by atoms with Crippen LogP contribution in [0.4, 0.5) is 0 Å². The second-order valence-electron chi connectivity index (χ2n) is 2.65. The van der Waals surface area contributed by atoms with Gasteiger partial charge in [-0.1, -0.05) is 13.8 Å². The summed E-state index contributed by atoms with van der Waals surface area (Å²) >= 11 is 0. The van der Waals surface area contributed by atoms with Gasteiger partial charge in [-0.3, -0.25) is 0 Å². The zero-order valence-corrected chi connectivity index (χ0v) is 11.9. The molecule has 1 fully saturated rings. The zero-order valence-electron chi connectivity index (χ0n) is 8.01. The zero-order chi connectivity index (χ0) is 7.82. The quantitative estimate of drug-likeness (QED) is 0.487. The summed E-state index contributed by atoms with van der Waals surface area (Å²) in [6.45, 7) is 8.22. The van der Waals surface area contributed by atoms with Gasteiger partial charge in [-0.15, -0.1) is 18.4 Å². The van der Waals surface area contributed by atoms with Gasteiger partial charge in [0.25, 0.3) is 0 Å². The number of rotatable bonds is 0. The predicted molar refractivity (Wildman–Crippen MR) is 52.4 cm³/mol. The van der Waals surface area contributed by atoms with Gasteiger partial charge in [-0.05, 0) is 0 Å². The SMILES string of the molecule is C1CNCCN1.CC(C)[NH-].Cl.[Cl-].[Pt+2]. The van der Waals surface area contributed by atoms with Crippen LogP contribution in [0.5, 0.6) is 0 Å². The topological polar surface area (TPSA) is 47.9 Å². The number of halogens is 2. The number of piperazine rings is 1. The van der Waals surface area contributed by atoms with E-state index >= 15 is 0 Å². The van der Waals surface area contributed by atoms with E-state index in [1.54, 1.807) is 0 Å². The normalized spacial score (nSPS) is 13.8. The van der Waals surface area contributed by atoms with Gasteiger partial charge in [0.05, 0.1) is 0 Å². The van der Waals surface area contributed by atoms with Crippen LogP contribution in [0.3, 0.4) is 0 Å². The van der Waals surface area contributed by atoms with E-state index in [0.717, 1.165) is 26.2 Å². The van der Waals surface area contributed by atoms with Crippen molar-refractivity contribution in [1.29, 1.82) is 0 Å². The van der Waals surface area contributed by atoms with Crippen LogP contribution in [-0.2, 0) is 21.1 Å². The average Bonchev–Trinajstić information content (AvgIpc) is 1.90. The van der Waals surface area contributed by atoms with Gasteiger partial charge < -0.3 is 28.8 Å². The molecule has 1 rings (SSSR count). The monoisotopic (exact) mass is 410 g/mol. The minimum absolute atomic E-state index is 0. The van der Waals surface area contributed by atoms with Crippen molar-refractivity contribution in [3.8, 4) is 0 Å². The number of hydrogen-bond donors (Lipinski definition) is 2. The van der Waals surface area contributed by atoms with Crippen LogP contribution < -0.4 is 23.0 Å². The van der Waals surface area contributed by atoms with Crippen molar-refractivity contribution in [1.82, 2.24) is 10.6 Å². The third-order valence-electron chi connectivity index (χ3n) is 0.957. The summed E-state index contributed by atoms with van der Waals surface area (Å²) in [6.07, 6.45) is 0. The second kappa shape index (κ2) is 18.8. The molecule has 0 spiro atoms. The molecular weight excluding hydrogens is 392 g/mol. The van der Waals surface area contributed by atoms with E-state index in [-0.39, 0.29) is 51.9 Å². The molecular formula is C7H19Cl2N3Pt. The minimum Gasteiger partial charge on any atom is -1.00 e. The van der Waals surface area contributed by atoms with E-state index in [4.69, 9.17) is 5.73 Å². The molecule has 3 nitrogen and oxygen atoms in total. The molecule has 0 aromatic heterocycles. The van der Waals surface area contributed by atoms with Crippen molar-refractivity contribution >= 4 is 12.4 Å². The molecule has 0 radical (unpaired) electrons. The Hall–Kier alpha value is 1.15. The maximum Gasteiger partial charge on any atom is 2.00 e. The van der Waals surface area contributed by atoms with E-state index in [9.17, 15) is 0 Å². The summed E-state index contributed by atoms with van der Waals surface area (Å²) < 4.78 is 0. The molecule has 86 valence electrons. The summed E-state index contributed by atoms with van der Waals surface area (Å²) in [6, 6.07) is 0.0833. The molecule has 0 saturated carbocycles. The molecule has 0 aromatic carbocycles. The van der Waals surface area contributed by atoms with Crippen molar-refractivity contribution in [2.24, 2.45) is 0 Å². The van der Waals surface area contributed by atoms with E-state index in [2.05, 4.69) is 10.6 Å². The molecule has 0 aliphatic carbocycles. The Kier molecular flexibility index (Phi) is 34.4. The molecule has 6 heteroatoms. The van der Waals surface area contributed by atoms with Crippen molar-refractivity contribution in [2.45, 2.75) is 19.9 Å². The Morgan fingerprint density at radius 2 is 1.15 bits per heavy atom. The molecule has 1 saturated heterocycles. The maximum atomic E-state index is 6.58. The largest absolute Gasteiger partial charge is 2.00 e. The van der Waals surface area contributed by atoms with Gasteiger partial charge in [0.15, 0.2) is 0 Å². The Balaban J connectivity index is -0.0000000536. The smallest absolute Gasteiger partial charge is 1.00 e. The van der Waals surface area contributed by atoms with E-state index in [1.165, 1.54) is 0 Å². The molecule has 0 amide bonds. The van der Waals surface area contributed by atoms with Gasteiger partial charge in [0.2, 0.25) is 0 Å². The van der Waals surface area contributed by atoms with Gasteiger partial charge in [-0.2, -0.15) is 0 Å². The van der Waals surface area contributed by atoms with Gasteiger partial charge in [0.1, 0.15) is 0 Å². The van der Waals surface area contributed by atoms with Crippen LogP contribution in [0.25, 0.3) is 5.73 Å². The fraction of sp³-hybridized carbons (Fsp3) is 1.00. The first-order valence-corrected chi connectivity index (χ1v) is 3.86. The average molecular weight is 411 g/mol. The van der Waals surface area contributed by atoms with Gasteiger partial charge in [-0.25, -0.2) is 0 Å². The van der Waals surface area contributed by atoms with Crippen LogP contribution in [-0.4, -0.2) is 32.2 Å². The maximum absolute atomic E-state index is 6.58. The first kappa shape index (κ1) is 23.7. The Morgan fingerprint density at radius 3 is 1.23 bits per heavy atom. The Labute approximate surface area is 108 Å². The third kappa shape index (κ3) is 32.0. The summed E-state index contributed by atoms with van der Waals surface area (Å²) in [5.74, 6) is 0. The van der Waals surface area contributed by atoms with E-state index < -0.39 is 0 Å². The van der Waals surface area contributed by atoms with Crippen LogP contribution >= 0.6 is 12.4 Å². The molecule has 13 heavy (non-hydrogen) atoms. The van der Waals surface area contributed by atoms with Gasteiger partial charge >= 0.3 is 21.1 Å². The summed E-state index contributed by atoms with van der Waals surface area (Å²) in [5, 5.41) is 6.44. The molecule has 1 aliphatic heterocycles. The first-order valence-electron chi connectivity index (χ1n) is 3.86. The van der Waals surface area contributed by atoms with Crippen molar-refractivity contribution < 1.29 is 33.5 Å². The van der Waals surface area contributed by atoms with Crippen molar-refractivity contribution in [3.05, 3.63) is 5.73 Å². The number of nitrogens with one attached hydrogen (secondary N) is 3. The second-order valence-corrected chi connectivity index (χ2v) is 2.65. The van der Waals surface area contributed by atoms with Crippen molar-refractivity contribution in [3.63, 3.8) is 0 Å². The summed E-state index contributed by atoms with van der Waals surface area (Å²) in [5.41, 5.74) is 6.58. The van der Waals surface area contributed by atoms with Crippen LogP contribution in [0.15, 0.2) is 0 Å². The molecule has 3 N–H and O–H groups in total. The van der Waals surface area contributed by atoms with Gasteiger partial charge in [0, 0.05) is 26.2 Å². The number of hydrogen-bond acceptors (Lipinski definition) is 2. The van der Waals surface area contributed by atoms with Crippen LogP contribution in [0.2, 0.25) is 0 Å². The molecule has 0 aromatic rings. The standard InChI is InChI=1S/C4H10N2.C3H8N.2ClH.Pt/c1-2-6-4-3-5-1;1-3(2)4;;;/h5-6H,1-4H2;3-4H,1-2H3;2*1H;/q;-1;;;+2/p-1. The fourth-order valence-corrected chi connectivity index (χ4v) is 0.604. The fourth-order valence-electron chi connectivity index (χ4n) is 0.604. The predicted octanol–water partition coefficient (Wildman–Crippen LogP) is -1.95. The van der Waals surface area contributed by atoms with E-state index in [0.29, 0.717) is 0 Å². The first-order chi connectivity index (χ1) is 4.73. The Bertz CT molecular complexity index is 58.5. The summed E-state index contributed by atoms with van der Waals surface area (Å²) in [4.78, 5) is 0. The van der Waals surface area contributed by atoms with E-state index in [1.807, 2.05) is 13.8 Å². The molecule has 0 atom stereocenters. The third-order valence-corrected chi connectivity index (χ3v) is 0.957. The minimum atomic E-state index is 0.